The van der Waals surface area contributed by atoms with Crippen molar-refractivity contribution in [2.24, 2.45) is 0 Å². The van der Waals surface area contributed by atoms with Gasteiger partial charge in [-0.25, -0.2) is 9.67 Å². The molecule has 3 heterocycles. The number of anilines is 1. The third kappa shape index (κ3) is 3.98. The number of para-hydroxylation sites is 1. The lowest BCUT2D eigenvalue weighted by Crippen LogP contribution is -2.32. The molecule has 0 bridgehead atoms. The number of nitrogens with zero attached hydrogens (tertiary/aromatic N) is 5. The summed E-state index contributed by atoms with van der Waals surface area (Å²) in [5.41, 5.74) is 5.05. The highest BCUT2D eigenvalue weighted by atomic mass is 16.2. The highest BCUT2D eigenvalue weighted by Gasteiger charge is 2.29. The molecule has 0 atom stereocenters. The number of aromatic nitrogens is 3. The second kappa shape index (κ2) is 8.57. The van der Waals surface area contributed by atoms with Crippen LogP contribution in [0.2, 0.25) is 0 Å². The number of benzene rings is 1. The highest BCUT2D eigenvalue weighted by molar-refractivity contribution is 6.05. The first kappa shape index (κ1) is 21.0. The number of hydrogen-bond acceptors (Lipinski definition) is 4. The first-order chi connectivity index (χ1) is 15.5. The monoisotopic (exact) mass is 431 g/mol. The molecule has 1 aliphatic heterocycles. The van der Waals surface area contributed by atoms with Crippen LogP contribution in [0.4, 0.5) is 5.69 Å². The smallest absolute Gasteiger partial charge is 0.254 e. The Bertz CT molecular complexity index is 1120. The van der Waals surface area contributed by atoms with Crippen LogP contribution in [-0.2, 0) is 6.54 Å². The average Bonchev–Trinajstić information content (AvgIpc) is 3.57. The summed E-state index contributed by atoms with van der Waals surface area (Å²) >= 11 is 0. The summed E-state index contributed by atoms with van der Waals surface area (Å²) in [5.74, 6) is 0.516. The van der Waals surface area contributed by atoms with Gasteiger partial charge < -0.3 is 9.80 Å². The van der Waals surface area contributed by atoms with Gasteiger partial charge in [-0.3, -0.25) is 4.79 Å². The van der Waals surface area contributed by atoms with Crippen molar-refractivity contribution in [2.45, 2.75) is 64.5 Å². The Labute approximate surface area is 190 Å². The standard InChI is InChI=1S/C26H33N5O/c1-18(2)31-25-22(16-27-31)21(15-23(28-25)19-11-12-19)26(32)29(3)17-20-9-5-6-10-24(20)30-13-7-4-8-14-30/h5-6,9-10,15-16,18-19H,4,7-8,11-14,17H2,1-3H3. The fourth-order valence-corrected chi connectivity index (χ4v) is 4.80. The third-order valence-corrected chi connectivity index (χ3v) is 6.74. The summed E-state index contributed by atoms with van der Waals surface area (Å²) in [7, 11) is 1.91. The number of piperidine rings is 1. The van der Waals surface area contributed by atoms with E-state index in [0.717, 1.165) is 48.2 Å². The topological polar surface area (TPSA) is 54.3 Å². The van der Waals surface area contributed by atoms with E-state index in [4.69, 9.17) is 4.98 Å². The molecule has 1 saturated carbocycles. The zero-order valence-electron chi connectivity index (χ0n) is 19.4. The van der Waals surface area contributed by atoms with Gasteiger partial charge in [0.1, 0.15) is 0 Å². The molecule has 1 aliphatic carbocycles. The molecule has 2 aliphatic rings. The SMILES string of the molecule is CC(C)n1ncc2c(C(=O)N(C)Cc3ccccc3N3CCCCC3)cc(C3CC3)nc21. The maximum Gasteiger partial charge on any atom is 0.254 e. The summed E-state index contributed by atoms with van der Waals surface area (Å²) in [6.45, 7) is 6.98. The molecule has 2 aromatic heterocycles. The largest absolute Gasteiger partial charge is 0.371 e. The Kier molecular flexibility index (Phi) is 5.62. The predicted octanol–water partition coefficient (Wildman–Crippen LogP) is 5.15. The van der Waals surface area contributed by atoms with E-state index in [0.29, 0.717) is 12.5 Å². The number of fused-ring (bicyclic) bond motifs is 1. The van der Waals surface area contributed by atoms with E-state index in [9.17, 15) is 4.79 Å². The van der Waals surface area contributed by atoms with Gasteiger partial charge in [0.25, 0.3) is 5.91 Å². The molecule has 6 heteroatoms. The van der Waals surface area contributed by atoms with Crippen LogP contribution in [0.25, 0.3) is 11.0 Å². The minimum Gasteiger partial charge on any atom is -0.371 e. The molecule has 5 rings (SSSR count). The summed E-state index contributed by atoms with van der Waals surface area (Å²) in [6, 6.07) is 10.7. The Morgan fingerprint density at radius 3 is 2.62 bits per heavy atom. The zero-order valence-corrected chi connectivity index (χ0v) is 19.4. The number of hydrogen-bond donors (Lipinski definition) is 0. The number of amides is 1. The van der Waals surface area contributed by atoms with E-state index in [1.165, 1.54) is 30.5 Å². The molecular formula is C26H33N5O. The van der Waals surface area contributed by atoms with E-state index >= 15 is 0 Å². The molecule has 3 aromatic rings. The molecule has 1 amide bonds. The Balaban J connectivity index is 1.46. The van der Waals surface area contributed by atoms with Gasteiger partial charge in [0, 0.05) is 50.0 Å². The van der Waals surface area contributed by atoms with Crippen LogP contribution >= 0.6 is 0 Å². The Morgan fingerprint density at radius 2 is 1.91 bits per heavy atom. The first-order valence-corrected chi connectivity index (χ1v) is 12.0. The lowest BCUT2D eigenvalue weighted by molar-refractivity contribution is 0.0787. The van der Waals surface area contributed by atoms with Gasteiger partial charge in [0.15, 0.2) is 5.65 Å². The third-order valence-electron chi connectivity index (χ3n) is 6.74. The molecule has 6 nitrogen and oxygen atoms in total. The maximum absolute atomic E-state index is 13.7. The van der Waals surface area contributed by atoms with E-state index in [1.54, 1.807) is 0 Å². The lowest BCUT2D eigenvalue weighted by atomic mass is 10.1. The van der Waals surface area contributed by atoms with Crippen molar-refractivity contribution in [1.82, 2.24) is 19.7 Å². The van der Waals surface area contributed by atoms with Crippen molar-refractivity contribution in [3.63, 3.8) is 0 Å². The van der Waals surface area contributed by atoms with E-state index in [1.807, 2.05) is 28.9 Å². The molecule has 1 saturated heterocycles. The summed E-state index contributed by atoms with van der Waals surface area (Å²) < 4.78 is 1.93. The number of rotatable bonds is 6. The van der Waals surface area contributed by atoms with Crippen molar-refractivity contribution in [3.8, 4) is 0 Å². The minimum atomic E-state index is 0.0380. The average molecular weight is 432 g/mol. The normalized spacial score (nSPS) is 16.7. The number of carbonyl (C=O) groups is 1. The van der Waals surface area contributed by atoms with Gasteiger partial charge in [-0.05, 0) is 63.6 Å². The summed E-state index contributed by atoms with van der Waals surface area (Å²) in [5, 5.41) is 5.41. The van der Waals surface area contributed by atoms with Crippen molar-refractivity contribution in [1.29, 1.82) is 0 Å². The fourth-order valence-electron chi connectivity index (χ4n) is 4.80. The highest BCUT2D eigenvalue weighted by Crippen LogP contribution is 2.40. The first-order valence-electron chi connectivity index (χ1n) is 12.0. The quantitative estimate of drug-likeness (QED) is 0.541. The second-order valence-electron chi connectivity index (χ2n) is 9.63. The zero-order chi connectivity index (χ0) is 22.2. The fraction of sp³-hybridized carbons (Fsp3) is 0.500. The molecular weight excluding hydrogens is 398 g/mol. The van der Waals surface area contributed by atoms with Gasteiger partial charge in [-0.15, -0.1) is 0 Å². The number of pyridine rings is 1. The Hall–Kier alpha value is -2.89. The van der Waals surface area contributed by atoms with Crippen molar-refractivity contribution < 1.29 is 4.79 Å². The van der Waals surface area contributed by atoms with Gasteiger partial charge in [0.2, 0.25) is 0 Å². The molecule has 32 heavy (non-hydrogen) atoms. The molecule has 0 N–H and O–H groups in total. The van der Waals surface area contributed by atoms with Gasteiger partial charge in [-0.2, -0.15) is 5.10 Å². The molecule has 0 unspecified atom stereocenters. The Morgan fingerprint density at radius 1 is 1.16 bits per heavy atom. The molecule has 2 fully saturated rings. The van der Waals surface area contributed by atoms with Crippen LogP contribution in [0.5, 0.6) is 0 Å². The van der Waals surface area contributed by atoms with Crippen molar-refractivity contribution in [2.75, 3.05) is 25.0 Å². The van der Waals surface area contributed by atoms with Crippen LogP contribution in [0.1, 0.15) is 79.5 Å². The van der Waals surface area contributed by atoms with Crippen molar-refractivity contribution in [3.05, 3.63) is 53.3 Å². The van der Waals surface area contributed by atoms with Crippen LogP contribution < -0.4 is 4.90 Å². The molecule has 1 aromatic carbocycles. The van der Waals surface area contributed by atoms with E-state index in [-0.39, 0.29) is 11.9 Å². The van der Waals surface area contributed by atoms with Crippen LogP contribution in [0.15, 0.2) is 36.5 Å². The molecule has 0 spiro atoms. The number of carbonyl (C=O) groups excluding carboxylic acids is 1. The lowest BCUT2D eigenvalue weighted by Gasteiger charge is -2.31. The predicted molar refractivity (Wildman–Crippen MR) is 128 cm³/mol. The minimum absolute atomic E-state index is 0.0380. The van der Waals surface area contributed by atoms with Crippen LogP contribution in [0.3, 0.4) is 0 Å². The summed E-state index contributed by atoms with van der Waals surface area (Å²) in [4.78, 5) is 22.9. The van der Waals surface area contributed by atoms with Gasteiger partial charge >= 0.3 is 0 Å². The maximum atomic E-state index is 13.7. The van der Waals surface area contributed by atoms with Crippen LogP contribution in [0, 0.1) is 0 Å². The van der Waals surface area contributed by atoms with Gasteiger partial charge in [-0.1, -0.05) is 18.2 Å². The van der Waals surface area contributed by atoms with Crippen LogP contribution in [-0.4, -0.2) is 45.7 Å². The van der Waals surface area contributed by atoms with Crippen molar-refractivity contribution >= 4 is 22.6 Å². The molecule has 168 valence electrons. The second-order valence-corrected chi connectivity index (χ2v) is 9.63. The van der Waals surface area contributed by atoms with Gasteiger partial charge in [0.05, 0.1) is 17.1 Å². The van der Waals surface area contributed by atoms with E-state index < -0.39 is 0 Å². The molecule has 0 radical (unpaired) electrons. The van der Waals surface area contributed by atoms with E-state index in [2.05, 4.69) is 48.1 Å². The summed E-state index contributed by atoms with van der Waals surface area (Å²) in [6.07, 6.45) is 7.90.